The fourth-order valence-electron chi connectivity index (χ4n) is 10.5. The molecule has 0 heterocycles. The van der Waals surface area contributed by atoms with Crippen LogP contribution in [0.25, 0.3) is 0 Å². The van der Waals surface area contributed by atoms with Crippen molar-refractivity contribution in [3.8, 4) is 0 Å². The molecule has 0 saturated heterocycles. The second-order valence-electron chi connectivity index (χ2n) is 15.0. The second-order valence-corrected chi connectivity index (χ2v) is 15.0. The molecular weight excluding hydrogens is 452 g/mol. The third-order valence-corrected chi connectivity index (χ3v) is 12.7. The molecule has 0 spiro atoms. The molecule has 0 amide bonds. The molecule has 4 aliphatic rings. The third kappa shape index (κ3) is 6.62. The van der Waals surface area contributed by atoms with Crippen molar-refractivity contribution in [2.75, 3.05) is 6.61 Å². The van der Waals surface area contributed by atoms with E-state index in [-0.39, 0.29) is 5.97 Å². The Balaban J connectivity index is 1.19. The van der Waals surface area contributed by atoms with Gasteiger partial charge in [-0.2, -0.15) is 0 Å². The van der Waals surface area contributed by atoms with Gasteiger partial charge in [-0.1, -0.05) is 86.0 Å². The summed E-state index contributed by atoms with van der Waals surface area (Å²) in [6.45, 7) is 13.1. The largest absolute Gasteiger partial charge is 0.465 e. The first-order chi connectivity index (χ1) is 17.8. The fraction of sp³-hybridized carbons (Fsp3) is 0.971. The van der Waals surface area contributed by atoms with E-state index < -0.39 is 0 Å². The summed E-state index contributed by atoms with van der Waals surface area (Å²) in [5.74, 6) is 6.37. The molecule has 2 heteroatoms. The van der Waals surface area contributed by atoms with Gasteiger partial charge in [0, 0.05) is 6.42 Å². The molecule has 0 aromatic rings. The van der Waals surface area contributed by atoms with Crippen molar-refractivity contribution in [1.29, 1.82) is 0 Å². The average Bonchev–Trinajstić information content (AvgIpc) is 3.24. The van der Waals surface area contributed by atoms with Crippen molar-refractivity contribution in [2.45, 2.75) is 157 Å². The Kier molecular flexibility index (Phi) is 10.5. The molecule has 0 aromatic carbocycles. The quantitative estimate of drug-likeness (QED) is 0.180. The number of ether oxygens (including phenoxy) is 1. The van der Waals surface area contributed by atoms with Crippen molar-refractivity contribution in [3.63, 3.8) is 0 Å². The summed E-state index contributed by atoms with van der Waals surface area (Å²) in [6.07, 6.45) is 25.5. The molecule has 9 atom stereocenters. The Morgan fingerprint density at radius 2 is 1.59 bits per heavy atom. The topological polar surface area (TPSA) is 26.3 Å². The van der Waals surface area contributed by atoms with Gasteiger partial charge >= 0.3 is 5.97 Å². The van der Waals surface area contributed by atoms with E-state index in [0.29, 0.717) is 29.8 Å². The van der Waals surface area contributed by atoms with Gasteiger partial charge in [0.05, 0.1) is 6.61 Å². The highest BCUT2D eigenvalue weighted by molar-refractivity contribution is 5.69. The van der Waals surface area contributed by atoms with E-state index >= 15 is 0 Å². The number of carbonyl (C=O) groups excluding carboxylic acids is 1. The SMILES string of the molecule is CCCCCCCC(=O)OCC(C)CCC[C@@H](C)[C@H]1CC[C@H]2[C@@H]3CCC4CCCC[C@]4(C)[C@H]3CC[C@]12C. The van der Waals surface area contributed by atoms with Crippen LogP contribution in [0.5, 0.6) is 0 Å². The van der Waals surface area contributed by atoms with Gasteiger partial charge in [-0.05, 0) is 116 Å². The van der Waals surface area contributed by atoms with E-state index in [1.165, 1.54) is 103 Å². The molecule has 0 aliphatic heterocycles. The van der Waals surface area contributed by atoms with E-state index in [0.717, 1.165) is 41.9 Å². The van der Waals surface area contributed by atoms with Gasteiger partial charge in [-0.3, -0.25) is 4.79 Å². The van der Waals surface area contributed by atoms with Crippen LogP contribution in [0.15, 0.2) is 0 Å². The Labute approximate surface area is 230 Å². The number of rotatable bonds is 13. The highest BCUT2D eigenvalue weighted by atomic mass is 16.5. The van der Waals surface area contributed by atoms with Crippen LogP contribution in [0.1, 0.15) is 157 Å². The lowest BCUT2D eigenvalue weighted by atomic mass is 9.44. The number of esters is 1. The van der Waals surface area contributed by atoms with Crippen molar-refractivity contribution in [2.24, 2.45) is 52.3 Å². The first-order valence-electron chi connectivity index (χ1n) is 16.9. The number of hydrogen-bond donors (Lipinski definition) is 0. The van der Waals surface area contributed by atoms with Gasteiger partial charge in [-0.15, -0.1) is 0 Å². The highest BCUT2D eigenvalue weighted by Crippen LogP contribution is 2.68. The minimum Gasteiger partial charge on any atom is -0.465 e. The first kappa shape index (κ1) is 29.5. The number of fused-ring (bicyclic) bond motifs is 5. The van der Waals surface area contributed by atoms with Gasteiger partial charge in [0.2, 0.25) is 0 Å². The number of carbonyl (C=O) groups is 1. The van der Waals surface area contributed by atoms with Crippen LogP contribution in [-0.2, 0) is 9.53 Å². The Morgan fingerprint density at radius 1 is 0.811 bits per heavy atom. The summed E-state index contributed by atoms with van der Waals surface area (Å²) in [7, 11) is 0. The van der Waals surface area contributed by atoms with E-state index in [2.05, 4.69) is 34.6 Å². The Hall–Kier alpha value is -0.530. The summed E-state index contributed by atoms with van der Waals surface area (Å²) in [4.78, 5) is 12.1. The predicted octanol–water partition coefficient (Wildman–Crippen LogP) is 10.4. The summed E-state index contributed by atoms with van der Waals surface area (Å²) in [5, 5.41) is 0. The lowest BCUT2D eigenvalue weighted by molar-refractivity contribution is -0.145. The van der Waals surface area contributed by atoms with E-state index in [1.54, 1.807) is 6.42 Å². The Morgan fingerprint density at radius 3 is 2.41 bits per heavy atom. The van der Waals surface area contributed by atoms with Crippen LogP contribution < -0.4 is 0 Å². The predicted molar refractivity (Wildman–Crippen MR) is 156 cm³/mol. The molecule has 4 aliphatic carbocycles. The highest BCUT2D eigenvalue weighted by Gasteiger charge is 2.60. The molecule has 37 heavy (non-hydrogen) atoms. The van der Waals surface area contributed by atoms with Crippen molar-refractivity contribution < 1.29 is 9.53 Å². The fourth-order valence-corrected chi connectivity index (χ4v) is 10.5. The summed E-state index contributed by atoms with van der Waals surface area (Å²) in [5.41, 5.74) is 1.26. The number of unbranched alkanes of at least 4 members (excludes halogenated alkanes) is 4. The lowest BCUT2D eigenvalue weighted by Crippen LogP contribution is -2.53. The average molecular weight is 515 g/mol. The van der Waals surface area contributed by atoms with E-state index in [1.807, 2.05) is 0 Å². The molecule has 0 N–H and O–H groups in total. The monoisotopic (exact) mass is 514 g/mol. The van der Waals surface area contributed by atoms with Crippen molar-refractivity contribution in [3.05, 3.63) is 0 Å². The van der Waals surface area contributed by atoms with Gasteiger partial charge < -0.3 is 4.74 Å². The maximum Gasteiger partial charge on any atom is 0.305 e. The molecule has 4 fully saturated rings. The zero-order valence-electron chi connectivity index (χ0n) is 25.5. The van der Waals surface area contributed by atoms with Crippen molar-refractivity contribution in [1.82, 2.24) is 0 Å². The van der Waals surface area contributed by atoms with E-state index in [4.69, 9.17) is 4.74 Å². The van der Waals surface area contributed by atoms with Crippen LogP contribution in [0.3, 0.4) is 0 Å². The van der Waals surface area contributed by atoms with Gasteiger partial charge in [-0.25, -0.2) is 0 Å². The third-order valence-electron chi connectivity index (χ3n) is 12.7. The maximum absolute atomic E-state index is 12.1. The van der Waals surface area contributed by atoms with Gasteiger partial charge in [0.15, 0.2) is 0 Å². The van der Waals surface area contributed by atoms with Crippen LogP contribution in [0.4, 0.5) is 0 Å². The van der Waals surface area contributed by atoms with Crippen LogP contribution >= 0.6 is 0 Å². The molecule has 214 valence electrons. The molecule has 0 bridgehead atoms. The number of hydrogen-bond acceptors (Lipinski definition) is 2. The first-order valence-corrected chi connectivity index (χ1v) is 16.9. The zero-order valence-corrected chi connectivity index (χ0v) is 25.5. The minimum absolute atomic E-state index is 0.0216. The van der Waals surface area contributed by atoms with Crippen LogP contribution in [0.2, 0.25) is 0 Å². The molecule has 0 radical (unpaired) electrons. The molecule has 0 aromatic heterocycles. The molecule has 2 nitrogen and oxygen atoms in total. The zero-order chi connectivity index (χ0) is 26.5. The molecule has 4 rings (SSSR count). The lowest BCUT2D eigenvalue weighted by Gasteiger charge is -2.61. The minimum atomic E-state index is 0.0216. The molecule has 4 saturated carbocycles. The smallest absolute Gasteiger partial charge is 0.305 e. The van der Waals surface area contributed by atoms with Crippen molar-refractivity contribution >= 4 is 5.97 Å². The Bertz CT molecular complexity index is 716. The summed E-state index contributed by atoms with van der Waals surface area (Å²) < 4.78 is 5.61. The maximum atomic E-state index is 12.1. The molecule has 2 unspecified atom stereocenters. The standard InChI is InChI=1S/C35H62O2/c1-6-7-8-9-10-17-33(36)37-25-26(2)14-13-15-27(3)30-20-21-31-29-19-18-28-16-11-12-23-34(28,4)32(29)22-24-35(30,31)5/h26-32H,6-25H2,1-5H3/t26?,27-,28?,29+,30-,31+,32+,34+,35-/m1/s1. The second kappa shape index (κ2) is 13.2. The summed E-state index contributed by atoms with van der Waals surface area (Å²) in [6, 6.07) is 0. The van der Waals surface area contributed by atoms with Crippen LogP contribution in [-0.4, -0.2) is 12.6 Å². The molecular formula is C35H62O2. The normalized spacial score (nSPS) is 38.8. The van der Waals surface area contributed by atoms with Crippen LogP contribution in [0, 0.1) is 52.3 Å². The van der Waals surface area contributed by atoms with E-state index in [9.17, 15) is 4.79 Å². The van der Waals surface area contributed by atoms with Gasteiger partial charge in [0.1, 0.15) is 0 Å². The summed E-state index contributed by atoms with van der Waals surface area (Å²) >= 11 is 0. The van der Waals surface area contributed by atoms with Gasteiger partial charge in [0.25, 0.3) is 0 Å².